The highest BCUT2D eigenvalue weighted by Gasteiger charge is 2.17. The van der Waals surface area contributed by atoms with E-state index in [2.05, 4.69) is 41.7 Å². The molecule has 1 unspecified atom stereocenters. The average molecular weight is 262 g/mol. The number of rotatable bonds is 2. The first-order chi connectivity index (χ1) is 9.76. The van der Waals surface area contributed by atoms with Crippen LogP contribution in [0.2, 0.25) is 0 Å². The molecular formula is C18H18N2. The van der Waals surface area contributed by atoms with E-state index >= 15 is 0 Å². The maximum Gasteiger partial charge on any atom is 0.0994 e. The molecule has 0 fully saturated rings. The lowest BCUT2D eigenvalue weighted by Crippen LogP contribution is -2.27. The van der Waals surface area contributed by atoms with Gasteiger partial charge in [0.15, 0.2) is 0 Å². The molecule has 100 valence electrons. The van der Waals surface area contributed by atoms with Crippen molar-refractivity contribution < 1.29 is 0 Å². The van der Waals surface area contributed by atoms with E-state index in [-0.39, 0.29) is 0 Å². The molecule has 0 radical (unpaired) electrons. The van der Waals surface area contributed by atoms with E-state index < -0.39 is 0 Å². The number of benzene rings is 2. The number of hydrogen-bond acceptors (Lipinski definition) is 2. The van der Waals surface area contributed by atoms with Crippen LogP contribution in [0.25, 0.3) is 0 Å². The van der Waals surface area contributed by atoms with Crippen molar-refractivity contribution in [3.63, 3.8) is 0 Å². The van der Waals surface area contributed by atoms with Crippen LogP contribution in [0.3, 0.4) is 0 Å². The molecule has 20 heavy (non-hydrogen) atoms. The van der Waals surface area contributed by atoms with Gasteiger partial charge in [0.25, 0.3) is 0 Å². The fraction of sp³-hybridized carbons (Fsp3) is 0.278. The van der Waals surface area contributed by atoms with Crippen molar-refractivity contribution in [1.82, 2.24) is 0 Å². The van der Waals surface area contributed by atoms with E-state index in [4.69, 9.17) is 5.26 Å². The summed E-state index contributed by atoms with van der Waals surface area (Å²) in [6.07, 6.45) is 3.38. The van der Waals surface area contributed by atoms with Crippen molar-refractivity contribution in [2.45, 2.75) is 32.2 Å². The van der Waals surface area contributed by atoms with Gasteiger partial charge in [-0.05, 0) is 61.1 Å². The third-order valence-corrected chi connectivity index (χ3v) is 4.06. The summed E-state index contributed by atoms with van der Waals surface area (Å²) in [5, 5.41) is 12.6. The lowest BCUT2D eigenvalue weighted by Gasteiger charge is -2.26. The van der Waals surface area contributed by atoms with E-state index in [0.29, 0.717) is 6.04 Å². The molecule has 1 aliphatic carbocycles. The van der Waals surface area contributed by atoms with Gasteiger partial charge in [0.1, 0.15) is 0 Å². The molecule has 0 aliphatic heterocycles. The van der Waals surface area contributed by atoms with Crippen molar-refractivity contribution in [2.24, 2.45) is 0 Å². The molecule has 2 nitrogen and oxygen atoms in total. The molecular weight excluding hydrogens is 244 g/mol. The second-order valence-corrected chi connectivity index (χ2v) is 5.49. The first kappa shape index (κ1) is 12.7. The fourth-order valence-corrected chi connectivity index (χ4v) is 2.94. The summed E-state index contributed by atoms with van der Waals surface area (Å²) in [4.78, 5) is 0. The van der Waals surface area contributed by atoms with Crippen molar-refractivity contribution >= 4 is 5.69 Å². The van der Waals surface area contributed by atoms with E-state index in [9.17, 15) is 0 Å². The minimum absolute atomic E-state index is 0.484. The molecule has 2 aromatic carbocycles. The zero-order chi connectivity index (χ0) is 13.9. The third kappa shape index (κ3) is 2.53. The Labute approximate surface area is 120 Å². The highest BCUT2D eigenvalue weighted by molar-refractivity contribution is 5.52. The Kier molecular flexibility index (Phi) is 3.43. The Morgan fingerprint density at radius 2 is 1.95 bits per heavy atom. The number of nitrogens with zero attached hydrogens (tertiary/aromatic N) is 1. The van der Waals surface area contributed by atoms with E-state index in [0.717, 1.165) is 36.1 Å². The smallest absolute Gasteiger partial charge is 0.0994 e. The minimum atomic E-state index is 0.484. The van der Waals surface area contributed by atoms with Gasteiger partial charge in [0.2, 0.25) is 0 Å². The summed E-state index contributed by atoms with van der Waals surface area (Å²) in [5.41, 5.74) is 5.85. The van der Waals surface area contributed by atoms with E-state index in [1.165, 1.54) is 11.1 Å². The van der Waals surface area contributed by atoms with Gasteiger partial charge in [0.05, 0.1) is 11.6 Å². The van der Waals surface area contributed by atoms with Crippen LogP contribution in [0, 0.1) is 18.3 Å². The van der Waals surface area contributed by atoms with E-state index in [1.807, 2.05) is 19.1 Å². The molecule has 0 heterocycles. The predicted molar refractivity (Wildman–Crippen MR) is 81.8 cm³/mol. The molecule has 0 aromatic heterocycles. The van der Waals surface area contributed by atoms with Gasteiger partial charge in [-0.2, -0.15) is 5.26 Å². The van der Waals surface area contributed by atoms with E-state index in [1.54, 1.807) is 0 Å². The quantitative estimate of drug-likeness (QED) is 0.892. The highest BCUT2D eigenvalue weighted by Crippen LogP contribution is 2.24. The minimum Gasteiger partial charge on any atom is -0.382 e. The van der Waals surface area contributed by atoms with Crippen molar-refractivity contribution in [3.05, 3.63) is 64.7 Å². The molecule has 2 aromatic rings. The van der Waals surface area contributed by atoms with Crippen LogP contribution >= 0.6 is 0 Å². The molecule has 1 aliphatic rings. The molecule has 3 rings (SSSR count). The number of nitriles is 1. The van der Waals surface area contributed by atoms with Crippen LogP contribution in [0.5, 0.6) is 0 Å². The topological polar surface area (TPSA) is 35.8 Å². The second kappa shape index (κ2) is 5.38. The molecule has 1 atom stereocenters. The van der Waals surface area contributed by atoms with Crippen LogP contribution in [0.15, 0.2) is 42.5 Å². The highest BCUT2D eigenvalue weighted by atomic mass is 14.9. The zero-order valence-corrected chi connectivity index (χ0v) is 11.7. The summed E-state index contributed by atoms with van der Waals surface area (Å²) >= 11 is 0. The Hall–Kier alpha value is -2.27. The predicted octanol–water partition coefficient (Wildman–Crippen LogP) is 3.84. The number of aryl methyl sites for hydroxylation is 2. The summed E-state index contributed by atoms with van der Waals surface area (Å²) < 4.78 is 0. The lowest BCUT2D eigenvalue weighted by atomic mass is 9.88. The fourth-order valence-electron chi connectivity index (χ4n) is 2.94. The first-order valence-corrected chi connectivity index (χ1v) is 7.10. The van der Waals surface area contributed by atoms with Crippen LogP contribution in [0.4, 0.5) is 5.69 Å². The van der Waals surface area contributed by atoms with Crippen LogP contribution in [0.1, 0.15) is 28.7 Å². The van der Waals surface area contributed by atoms with Gasteiger partial charge in [-0.25, -0.2) is 0 Å². The Bertz CT molecular complexity index is 667. The van der Waals surface area contributed by atoms with Gasteiger partial charge in [0, 0.05) is 11.7 Å². The maximum atomic E-state index is 8.97. The Morgan fingerprint density at radius 1 is 1.15 bits per heavy atom. The number of hydrogen-bond donors (Lipinski definition) is 1. The molecule has 0 spiro atoms. The summed E-state index contributed by atoms with van der Waals surface area (Å²) in [7, 11) is 0. The first-order valence-electron chi connectivity index (χ1n) is 7.10. The van der Waals surface area contributed by atoms with Gasteiger partial charge >= 0.3 is 0 Å². The van der Waals surface area contributed by atoms with Crippen LogP contribution in [-0.4, -0.2) is 6.04 Å². The van der Waals surface area contributed by atoms with Crippen molar-refractivity contribution in [2.75, 3.05) is 5.32 Å². The van der Waals surface area contributed by atoms with Crippen LogP contribution < -0.4 is 5.32 Å². The lowest BCUT2D eigenvalue weighted by molar-refractivity contribution is 0.611. The largest absolute Gasteiger partial charge is 0.382 e. The molecule has 0 amide bonds. The normalized spacial score (nSPS) is 17.1. The van der Waals surface area contributed by atoms with Gasteiger partial charge in [-0.1, -0.05) is 24.3 Å². The molecule has 2 heteroatoms. The number of nitrogens with one attached hydrogen (secondary N) is 1. The van der Waals surface area contributed by atoms with Gasteiger partial charge < -0.3 is 5.32 Å². The van der Waals surface area contributed by atoms with Gasteiger partial charge in [-0.15, -0.1) is 0 Å². The van der Waals surface area contributed by atoms with Crippen LogP contribution in [-0.2, 0) is 12.8 Å². The zero-order valence-electron chi connectivity index (χ0n) is 11.7. The molecule has 0 saturated heterocycles. The average Bonchev–Trinajstić information content (AvgIpc) is 2.47. The Morgan fingerprint density at radius 3 is 2.70 bits per heavy atom. The molecule has 0 saturated carbocycles. The summed E-state index contributed by atoms with van der Waals surface area (Å²) in [6.45, 7) is 1.99. The Balaban J connectivity index is 1.74. The molecule has 0 bridgehead atoms. The molecule has 1 N–H and O–H groups in total. The van der Waals surface area contributed by atoms with Gasteiger partial charge in [-0.3, -0.25) is 0 Å². The third-order valence-electron chi connectivity index (χ3n) is 4.06. The number of fused-ring (bicyclic) bond motifs is 1. The summed E-state index contributed by atoms with van der Waals surface area (Å²) in [6, 6.07) is 17.4. The maximum absolute atomic E-state index is 8.97. The summed E-state index contributed by atoms with van der Waals surface area (Å²) in [5.74, 6) is 0. The number of anilines is 1. The SMILES string of the molecule is Cc1cc(NC2CCc3ccccc3C2)ccc1C#N. The monoisotopic (exact) mass is 262 g/mol. The van der Waals surface area contributed by atoms with Crippen molar-refractivity contribution in [3.8, 4) is 6.07 Å². The standard InChI is InChI=1S/C18H18N2/c1-13-10-17(9-7-16(13)12-19)20-18-8-6-14-4-2-3-5-15(14)11-18/h2-5,7,9-10,18,20H,6,8,11H2,1H3. The van der Waals surface area contributed by atoms with Crippen molar-refractivity contribution in [1.29, 1.82) is 5.26 Å². The second-order valence-electron chi connectivity index (χ2n) is 5.49.